The summed E-state index contributed by atoms with van der Waals surface area (Å²) in [4.78, 5) is 0. The Morgan fingerprint density at radius 2 is 1.16 bits per heavy atom. The smallest absolute Gasteiger partial charge is 0.190 e. The van der Waals surface area contributed by atoms with Crippen LogP contribution >= 0.6 is 0 Å². The van der Waals surface area contributed by atoms with Crippen LogP contribution in [0.1, 0.15) is 50.7 Å². The average Bonchev–Trinajstić information content (AvgIpc) is 3.63. The summed E-state index contributed by atoms with van der Waals surface area (Å²) in [5.74, 6) is -1.66. The number of benzene rings is 3. The van der Waals surface area contributed by atoms with Crippen LogP contribution in [0, 0.1) is 0 Å². The van der Waals surface area contributed by atoms with Crippen LogP contribution in [-0.2, 0) is 65.3 Å². The molecular formula is C39H46O11. The summed E-state index contributed by atoms with van der Waals surface area (Å²) in [6, 6.07) is 29.9. The largest absolute Gasteiger partial charge is 0.368 e. The van der Waals surface area contributed by atoms with Gasteiger partial charge in [0, 0.05) is 5.56 Å². The summed E-state index contributed by atoms with van der Waals surface area (Å²) < 4.78 is 71.1. The third-order valence-electron chi connectivity index (χ3n) is 9.60. The van der Waals surface area contributed by atoms with Crippen molar-refractivity contribution in [3.63, 3.8) is 0 Å². The van der Waals surface area contributed by atoms with Gasteiger partial charge in [-0.3, -0.25) is 0 Å². The van der Waals surface area contributed by atoms with E-state index in [0.29, 0.717) is 13.2 Å². The predicted molar refractivity (Wildman–Crippen MR) is 177 cm³/mol. The second-order valence-corrected chi connectivity index (χ2v) is 14.3. The number of hydrogen-bond acceptors (Lipinski definition) is 11. The molecule has 0 aromatic heterocycles. The Kier molecular flexibility index (Phi) is 9.83. The van der Waals surface area contributed by atoms with Crippen LogP contribution in [0.3, 0.4) is 0 Å². The monoisotopic (exact) mass is 690 g/mol. The standard InChI is InChI=1S/C39H46O11/c1-38(2)47-30-28(45-37-34(32(30)48-38)49-39(3,4)50-37)23-43-36-33(41-21-25-16-10-6-11-17-25)31(40-20-24-14-8-5-9-15-24)29-27(44-36)22-42-35(46-29)26-18-12-7-13-19-26/h5-19,27-37H,20-23H2,1-4H3/t27-,28-,29+,30+,31+,32+,33-,34-,35?,36+,37-/m1/s1. The molecule has 5 aliphatic heterocycles. The van der Waals surface area contributed by atoms with Crippen LogP contribution in [-0.4, -0.2) is 86.2 Å². The second-order valence-electron chi connectivity index (χ2n) is 14.3. The fourth-order valence-electron chi connectivity index (χ4n) is 7.38. The first kappa shape index (κ1) is 34.3. The number of rotatable bonds is 10. The van der Waals surface area contributed by atoms with Gasteiger partial charge in [0.1, 0.15) is 48.8 Å². The maximum Gasteiger partial charge on any atom is 0.190 e. The molecule has 3 aromatic carbocycles. The van der Waals surface area contributed by atoms with Crippen molar-refractivity contribution in [3.05, 3.63) is 108 Å². The lowest BCUT2D eigenvalue weighted by atomic mass is 9.96. The van der Waals surface area contributed by atoms with E-state index in [1.54, 1.807) is 0 Å². The highest BCUT2D eigenvalue weighted by molar-refractivity contribution is 5.18. The highest BCUT2D eigenvalue weighted by atomic mass is 16.9. The SMILES string of the molecule is CC1(C)O[C@H]2[C@@H](O1)[C@@H](CO[C@H]1O[C@@H]3COC(c4ccccc4)O[C@@H]3[C@H](OCc3ccccc3)[C@H]1OCc1ccccc1)O[C@@H]1OC(C)(C)O[C@@H]12. The molecule has 268 valence electrons. The first-order chi connectivity index (χ1) is 24.2. The Morgan fingerprint density at radius 3 is 1.84 bits per heavy atom. The molecule has 5 saturated heterocycles. The lowest BCUT2D eigenvalue weighted by Crippen LogP contribution is -2.64. The van der Waals surface area contributed by atoms with Crippen LogP contribution in [0.2, 0.25) is 0 Å². The molecule has 11 nitrogen and oxygen atoms in total. The molecule has 1 unspecified atom stereocenters. The molecule has 50 heavy (non-hydrogen) atoms. The summed E-state index contributed by atoms with van der Waals surface area (Å²) in [7, 11) is 0. The van der Waals surface area contributed by atoms with Gasteiger partial charge in [0.05, 0.1) is 26.4 Å². The van der Waals surface area contributed by atoms with Crippen molar-refractivity contribution in [2.24, 2.45) is 0 Å². The molecule has 0 amide bonds. The van der Waals surface area contributed by atoms with Gasteiger partial charge in [0.15, 0.2) is 30.4 Å². The van der Waals surface area contributed by atoms with Crippen molar-refractivity contribution in [3.8, 4) is 0 Å². The van der Waals surface area contributed by atoms with Crippen LogP contribution in [0.25, 0.3) is 0 Å². The van der Waals surface area contributed by atoms with Gasteiger partial charge in [-0.05, 0) is 38.8 Å². The van der Waals surface area contributed by atoms with E-state index in [1.165, 1.54) is 0 Å². The van der Waals surface area contributed by atoms with Crippen molar-refractivity contribution < 1.29 is 52.1 Å². The van der Waals surface area contributed by atoms with Crippen LogP contribution in [0.4, 0.5) is 0 Å². The fraction of sp³-hybridized carbons (Fsp3) is 0.538. The quantitative estimate of drug-likeness (QED) is 0.273. The fourth-order valence-corrected chi connectivity index (χ4v) is 7.38. The van der Waals surface area contributed by atoms with Crippen molar-refractivity contribution >= 4 is 0 Å². The van der Waals surface area contributed by atoms with E-state index in [2.05, 4.69) is 0 Å². The third-order valence-corrected chi connectivity index (χ3v) is 9.60. The summed E-state index contributed by atoms with van der Waals surface area (Å²) in [5.41, 5.74) is 2.95. The number of ether oxygens (including phenoxy) is 11. The summed E-state index contributed by atoms with van der Waals surface area (Å²) >= 11 is 0. The Labute approximate surface area is 292 Å². The highest BCUT2D eigenvalue weighted by Gasteiger charge is 2.61. The Hall–Kier alpha value is -2.78. The number of hydrogen-bond donors (Lipinski definition) is 0. The van der Waals surface area contributed by atoms with Gasteiger partial charge in [0.2, 0.25) is 0 Å². The molecule has 11 atom stereocenters. The topological polar surface area (TPSA) is 102 Å². The van der Waals surface area contributed by atoms with E-state index < -0.39 is 79.3 Å². The summed E-state index contributed by atoms with van der Waals surface area (Å²) in [6.45, 7) is 8.55. The average molecular weight is 691 g/mol. The van der Waals surface area contributed by atoms with E-state index in [9.17, 15) is 0 Å². The maximum absolute atomic E-state index is 6.74. The molecule has 0 saturated carbocycles. The maximum atomic E-state index is 6.74. The molecule has 11 heteroatoms. The minimum Gasteiger partial charge on any atom is -0.368 e. The molecule has 0 N–H and O–H groups in total. The van der Waals surface area contributed by atoms with E-state index >= 15 is 0 Å². The van der Waals surface area contributed by atoms with Gasteiger partial charge in [0.25, 0.3) is 0 Å². The normalized spacial score (nSPS) is 37.1. The minimum absolute atomic E-state index is 0.112. The third kappa shape index (κ3) is 7.41. The van der Waals surface area contributed by atoms with E-state index in [-0.39, 0.29) is 13.2 Å². The molecule has 8 rings (SSSR count). The van der Waals surface area contributed by atoms with Gasteiger partial charge in [-0.15, -0.1) is 0 Å². The molecule has 0 bridgehead atoms. The molecule has 3 aromatic rings. The lowest BCUT2D eigenvalue weighted by Gasteiger charge is -2.49. The van der Waals surface area contributed by atoms with Gasteiger partial charge in [-0.1, -0.05) is 91.0 Å². The summed E-state index contributed by atoms with van der Waals surface area (Å²) in [6.07, 6.45) is -6.16. The molecule has 5 heterocycles. The predicted octanol–water partition coefficient (Wildman–Crippen LogP) is 5.41. The van der Waals surface area contributed by atoms with Crippen molar-refractivity contribution in [2.75, 3.05) is 13.2 Å². The van der Waals surface area contributed by atoms with Gasteiger partial charge in [-0.2, -0.15) is 0 Å². The number of fused-ring (bicyclic) bond motifs is 4. The van der Waals surface area contributed by atoms with Gasteiger partial charge >= 0.3 is 0 Å². The van der Waals surface area contributed by atoms with Crippen LogP contribution in [0.15, 0.2) is 91.0 Å². The van der Waals surface area contributed by atoms with Gasteiger partial charge in [-0.25, -0.2) is 0 Å². The zero-order valence-electron chi connectivity index (χ0n) is 28.8. The Morgan fingerprint density at radius 1 is 0.580 bits per heavy atom. The Bertz CT molecular complexity index is 1540. The lowest BCUT2D eigenvalue weighted by molar-refractivity contribution is -0.376. The zero-order chi connectivity index (χ0) is 34.3. The molecule has 0 spiro atoms. The molecular weight excluding hydrogens is 644 g/mol. The Balaban J connectivity index is 1.06. The van der Waals surface area contributed by atoms with Gasteiger partial charge < -0.3 is 52.1 Å². The van der Waals surface area contributed by atoms with E-state index in [1.807, 2.05) is 119 Å². The second kappa shape index (κ2) is 14.3. The highest BCUT2D eigenvalue weighted by Crippen LogP contribution is 2.45. The molecule has 5 aliphatic rings. The minimum atomic E-state index is -0.853. The molecule has 0 radical (unpaired) electrons. The summed E-state index contributed by atoms with van der Waals surface area (Å²) in [5, 5.41) is 0. The van der Waals surface area contributed by atoms with Crippen LogP contribution in [0.5, 0.6) is 0 Å². The van der Waals surface area contributed by atoms with Crippen molar-refractivity contribution in [1.82, 2.24) is 0 Å². The van der Waals surface area contributed by atoms with E-state index in [0.717, 1.165) is 16.7 Å². The van der Waals surface area contributed by atoms with Crippen molar-refractivity contribution in [2.45, 2.75) is 120 Å². The first-order valence-electron chi connectivity index (χ1n) is 17.5. The van der Waals surface area contributed by atoms with Crippen LogP contribution < -0.4 is 0 Å². The van der Waals surface area contributed by atoms with Crippen molar-refractivity contribution in [1.29, 1.82) is 0 Å². The first-order valence-corrected chi connectivity index (χ1v) is 17.5. The molecule has 0 aliphatic carbocycles. The molecule has 5 fully saturated rings. The zero-order valence-corrected chi connectivity index (χ0v) is 28.8. The van der Waals surface area contributed by atoms with E-state index in [4.69, 9.17) is 52.1 Å².